The number of amides is 1. The van der Waals surface area contributed by atoms with Gasteiger partial charge in [0.15, 0.2) is 0 Å². The van der Waals surface area contributed by atoms with Gasteiger partial charge in [-0.15, -0.1) is 0 Å². The molecule has 0 spiro atoms. The molecule has 0 N–H and O–H groups in total. The van der Waals surface area contributed by atoms with Gasteiger partial charge in [0, 0.05) is 7.05 Å². The molecular weight excluding hydrogens is 314 g/mol. The molecule has 128 valence electrons. The number of nitrogens with zero attached hydrogens (tertiary/aromatic N) is 3. The molecule has 2 aromatic heterocycles. The molecule has 0 aliphatic carbocycles. The number of hydrogen-bond donors (Lipinski definition) is 0. The second kappa shape index (κ2) is 6.89. The fourth-order valence-corrected chi connectivity index (χ4v) is 2.85. The fraction of sp³-hybridized carbons (Fsp3) is 0.250. The lowest BCUT2D eigenvalue weighted by atomic mass is 10.1. The van der Waals surface area contributed by atoms with Crippen LogP contribution in [0.5, 0.6) is 0 Å². The minimum Gasteiger partial charge on any atom is -0.361 e. The molecular formula is C20H21N3O2. The molecule has 0 saturated carbocycles. The van der Waals surface area contributed by atoms with Gasteiger partial charge in [-0.2, -0.15) is 0 Å². The quantitative estimate of drug-likeness (QED) is 0.717. The van der Waals surface area contributed by atoms with Crippen molar-refractivity contribution in [3.05, 3.63) is 71.2 Å². The van der Waals surface area contributed by atoms with Gasteiger partial charge in [-0.05, 0) is 38.5 Å². The van der Waals surface area contributed by atoms with E-state index >= 15 is 0 Å². The second-order valence-electron chi connectivity index (χ2n) is 6.11. The summed E-state index contributed by atoms with van der Waals surface area (Å²) in [5, 5.41) is 3.96. The van der Waals surface area contributed by atoms with Crippen LogP contribution < -0.4 is 0 Å². The zero-order chi connectivity index (χ0) is 18.0. The van der Waals surface area contributed by atoms with E-state index in [0.29, 0.717) is 17.1 Å². The van der Waals surface area contributed by atoms with Crippen LogP contribution in [0.3, 0.4) is 0 Å². The average molecular weight is 335 g/mol. The maximum atomic E-state index is 12.9. The topological polar surface area (TPSA) is 59.2 Å². The number of pyridine rings is 1. The van der Waals surface area contributed by atoms with Crippen LogP contribution in [0.2, 0.25) is 0 Å². The van der Waals surface area contributed by atoms with E-state index in [4.69, 9.17) is 4.52 Å². The van der Waals surface area contributed by atoms with E-state index in [1.54, 1.807) is 18.0 Å². The minimum absolute atomic E-state index is 0.0433. The first-order valence-electron chi connectivity index (χ1n) is 8.21. The summed E-state index contributed by atoms with van der Waals surface area (Å²) in [7, 11) is 1.80. The van der Waals surface area contributed by atoms with Gasteiger partial charge < -0.3 is 9.42 Å². The Bertz CT molecular complexity index is 867. The maximum Gasteiger partial charge on any atom is 0.272 e. The maximum absolute atomic E-state index is 12.9. The summed E-state index contributed by atoms with van der Waals surface area (Å²) in [6.07, 6.45) is 0. The van der Waals surface area contributed by atoms with Crippen molar-refractivity contribution in [2.75, 3.05) is 7.05 Å². The number of aryl methyl sites for hydroxylation is 2. The highest BCUT2D eigenvalue weighted by Gasteiger charge is 2.21. The minimum atomic E-state index is -0.120. The van der Waals surface area contributed by atoms with Crippen LogP contribution in [0.25, 0.3) is 11.3 Å². The largest absolute Gasteiger partial charge is 0.361 e. The zero-order valence-corrected chi connectivity index (χ0v) is 14.9. The van der Waals surface area contributed by atoms with Crippen LogP contribution in [-0.2, 0) is 0 Å². The third-order valence-corrected chi connectivity index (χ3v) is 4.44. The lowest BCUT2D eigenvalue weighted by Gasteiger charge is -2.25. The van der Waals surface area contributed by atoms with Crippen LogP contribution >= 0.6 is 0 Å². The fourth-order valence-electron chi connectivity index (χ4n) is 2.85. The van der Waals surface area contributed by atoms with Gasteiger partial charge in [-0.3, -0.25) is 4.79 Å². The molecule has 5 heteroatoms. The Hall–Kier alpha value is -2.95. The predicted octanol–water partition coefficient (Wildman–Crippen LogP) is 4.19. The van der Waals surface area contributed by atoms with Crippen molar-refractivity contribution in [1.29, 1.82) is 0 Å². The molecule has 3 aromatic rings. The standard InChI is InChI=1S/C20H21N3O2/c1-13-19(15(3)25-22-13)17-11-8-12-18(21-17)20(24)23(4)14(2)16-9-6-5-7-10-16/h5-12,14H,1-4H3/t14-/m0/s1. The van der Waals surface area contributed by atoms with Crippen LogP contribution in [0.4, 0.5) is 0 Å². The molecule has 3 rings (SSSR count). The summed E-state index contributed by atoms with van der Waals surface area (Å²) in [4.78, 5) is 19.1. The van der Waals surface area contributed by atoms with Crippen LogP contribution in [0.1, 0.15) is 40.5 Å². The first kappa shape index (κ1) is 16.9. The molecule has 25 heavy (non-hydrogen) atoms. The number of carbonyl (C=O) groups excluding carboxylic acids is 1. The van der Waals surface area contributed by atoms with Gasteiger partial charge in [0.2, 0.25) is 0 Å². The summed E-state index contributed by atoms with van der Waals surface area (Å²) < 4.78 is 5.21. The highest BCUT2D eigenvalue weighted by molar-refractivity contribution is 5.93. The van der Waals surface area contributed by atoms with Crippen molar-refractivity contribution >= 4 is 5.91 Å². The van der Waals surface area contributed by atoms with Crippen LogP contribution in [-0.4, -0.2) is 28.0 Å². The summed E-state index contributed by atoms with van der Waals surface area (Å²) in [5.74, 6) is 0.575. The van der Waals surface area contributed by atoms with Gasteiger partial charge in [0.05, 0.1) is 23.0 Å². The Morgan fingerprint density at radius 2 is 1.80 bits per heavy atom. The number of hydrogen-bond acceptors (Lipinski definition) is 4. The van der Waals surface area contributed by atoms with Crippen molar-refractivity contribution in [3.8, 4) is 11.3 Å². The van der Waals surface area contributed by atoms with Gasteiger partial charge in [0.1, 0.15) is 11.5 Å². The Morgan fingerprint density at radius 1 is 1.08 bits per heavy atom. The Labute approximate surface area is 147 Å². The van der Waals surface area contributed by atoms with E-state index in [9.17, 15) is 4.79 Å². The van der Waals surface area contributed by atoms with Crippen molar-refractivity contribution < 1.29 is 9.32 Å². The van der Waals surface area contributed by atoms with E-state index < -0.39 is 0 Å². The molecule has 1 atom stereocenters. The van der Waals surface area contributed by atoms with Crippen molar-refractivity contribution in [2.45, 2.75) is 26.8 Å². The Morgan fingerprint density at radius 3 is 2.44 bits per heavy atom. The summed E-state index contributed by atoms with van der Waals surface area (Å²) in [5.41, 5.74) is 3.79. The summed E-state index contributed by atoms with van der Waals surface area (Å²) in [6, 6.07) is 15.3. The molecule has 0 unspecified atom stereocenters. The number of aromatic nitrogens is 2. The SMILES string of the molecule is Cc1noc(C)c1-c1cccc(C(=O)N(C)[C@@H](C)c2ccccc2)n1. The zero-order valence-electron chi connectivity index (χ0n) is 14.9. The Kier molecular flexibility index (Phi) is 4.65. The van der Waals surface area contributed by atoms with E-state index in [1.165, 1.54) is 0 Å². The molecule has 0 radical (unpaired) electrons. The van der Waals surface area contributed by atoms with Crippen LogP contribution in [0, 0.1) is 13.8 Å². The summed E-state index contributed by atoms with van der Waals surface area (Å²) in [6.45, 7) is 5.71. The van der Waals surface area contributed by atoms with Crippen LogP contribution in [0.15, 0.2) is 53.1 Å². The van der Waals surface area contributed by atoms with Crippen molar-refractivity contribution in [2.24, 2.45) is 0 Å². The molecule has 0 bridgehead atoms. The Balaban J connectivity index is 1.89. The molecule has 0 fully saturated rings. The van der Waals surface area contributed by atoms with E-state index in [1.807, 2.05) is 63.2 Å². The van der Waals surface area contributed by atoms with Crippen molar-refractivity contribution in [1.82, 2.24) is 15.0 Å². The van der Waals surface area contributed by atoms with Crippen molar-refractivity contribution in [3.63, 3.8) is 0 Å². The predicted molar refractivity (Wildman–Crippen MR) is 96.2 cm³/mol. The first-order valence-corrected chi connectivity index (χ1v) is 8.21. The lowest BCUT2D eigenvalue weighted by molar-refractivity contribution is 0.0737. The molecule has 1 aromatic carbocycles. The molecule has 0 aliphatic rings. The van der Waals surface area contributed by atoms with E-state index in [-0.39, 0.29) is 11.9 Å². The van der Waals surface area contributed by atoms with Gasteiger partial charge in [-0.1, -0.05) is 41.6 Å². The monoisotopic (exact) mass is 335 g/mol. The highest BCUT2D eigenvalue weighted by atomic mass is 16.5. The molecule has 1 amide bonds. The normalized spacial score (nSPS) is 12.0. The average Bonchev–Trinajstić information content (AvgIpc) is 2.99. The third kappa shape index (κ3) is 3.31. The molecule has 5 nitrogen and oxygen atoms in total. The third-order valence-electron chi connectivity index (χ3n) is 4.44. The van der Waals surface area contributed by atoms with Gasteiger partial charge >= 0.3 is 0 Å². The van der Waals surface area contributed by atoms with E-state index in [0.717, 1.165) is 16.8 Å². The molecule has 0 aliphatic heterocycles. The summed E-state index contributed by atoms with van der Waals surface area (Å²) >= 11 is 0. The number of benzene rings is 1. The van der Waals surface area contributed by atoms with Gasteiger partial charge in [0.25, 0.3) is 5.91 Å². The highest BCUT2D eigenvalue weighted by Crippen LogP contribution is 2.26. The molecule has 2 heterocycles. The first-order chi connectivity index (χ1) is 12.0. The lowest BCUT2D eigenvalue weighted by Crippen LogP contribution is -2.30. The molecule has 0 saturated heterocycles. The van der Waals surface area contributed by atoms with Gasteiger partial charge in [-0.25, -0.2) is 4.98 Å². The smallest absolute Gasteiger partial charge is 0.272 e. The number of rotatable bonds is 4. The second-order valence-corrected chi connectivity index (χ2v) is 6.11. The number of carbonyl (C=O) groups is 1. The van der Waals surface area contributed by atoms with E-state index in [2.05, 4.69) is 10.1 Å².